The van der Waals surface area contributed by atoms with E-state index in [-0.39, 0.29) is 23.5 Å². The number of carbonyl (C=O) groups excluding carboxylic acids is 1. The summed E-state index contributed by atoms with van der Waals surface area (Å²) < 4.78 is 18.6. The van der Waals surface area contributed by atoms with E-state index in [1.807, 2.05) is 18.2 Å². The quantitative estimate of drug-likeness (QED) is 0.367. The molecule has 7 nitrogen and oxygen atoms in total. The number of benzene rings is 2. The summed E-state index contributed by atoms with van der Waals surface area (Å²) in [5.41, 5.74) is 2.03. The molecule has 4 aromatic rings. The number of aryl methyl sites for hydroxylation is 2. The number of pyridine rings is 1. The normalized spacial score (nSPS) is 18.7. The minimum Gasteiger partial charge on any atom is -0.476 e. The number of nitrogens with zero attached hydrogens (tertiary/aromatic N) is 1. The van der Waals surface area contributed by atoms with E-state index in [9.17, 15) is 14.4 Å². The second-order valence-corrected chi connectivity index (χ2v) is 8.06. The second kappa shape index (κ2) is 6.82. The third-order valence-corrected chi connectivity index (χ3v) is 6.34. The number of hydrogen-bond donors (Lipinski definition) is 0. The monoisotopic (exact) mass is 429 g/mol. The lowest BCUT2D eigenvalue weighted by Crippen LogP contribution is -2.36. The topological polar surface area (TPSA) is 87.7 Å². The minimum atomic E-state index is -1.15. The van der Waals surface area contributed by atoms with Crippen LogP contribution in [0, 0.1) is 0 Å². The molecule has 2 aliphatic rings. The summed E-state index contributed by atoms with van der Waals surface area (Å²) in [7, 11) is 0. The Bertz CT molecular complexity index is 1550. The molecule has 0 bridgehead atoms. The van der Waals surface area contributed by atoms with Crippen molar-refractivity contribution in [1.29, 1.82) is 0 Å². The predicted molar refractivity (Wildman–Crippen MR) is 117 cm³/mol. The fraction of sp³-hybridized carbons (Fsp3) is 0.240. The number of carbonyl (C=O) groups is 1. The van der Waals surface area contributed by atoms with Gasteiger partial charge in [-0.1, -0.05) is 30.3 Å². The van der Waals surface area contributed by atoms with Crippen molar-refractivity contribution >= 4 is 27.8 Å². The molecule has 0 saturated heterocycles. The van der Waals surface area contributed by atoms with Crippen LogP contribution in [0.15, 0.2) is 62.5 Å². The molecule has 2 aromatic heterocycles. The van der Waals surface area contributed by atoms with E-state index >= 15 is 0 Å². The van der Waals surface area contributed by atoms with E-state index in [1.54, 1.807) is 41.8 Å². The molecule has 0 aliphatic carbocycles. The lowest BCUT2D eigenvalue weighted by atomic mass is 9.88. The van der Waals surface area contributed by atoms with E-state index in [2.05, 4.69) is 0 Å². The van der Waals surface area contributed by atoms with Crippen molar-refractivity contribution in [2.75, 3.05) is 6.61 Å². The molecule has 2 aliphatic heterocycles. The van der Waals surface area contributed by atoms with Gasteiger partial charge in [0.1, 0.15) is 11.3 Å². The molecule has 0 amide bonds. The highest BCUT2D eigenvalue weighted by atomic mass is 16.6. The summed E-state index contributed by atoms with van der Waals surface area (Å²) in [6.45, 7) is 2.41. The molecular weight excluding hydrogens is 410 g/mol. The molecule has 0 saturated carbocycles. The van der Waals surface area contributed by atoms with Crippen molar-refractivity contribution in [3.8, 4) is 5.75 Å². The van der Waals surface area contributed by atoms with Gasteiger partial charge in [0, 0.05) is 12.1 Å². The summed E-state index contributed by atoms with van der Waals surface area (Å²) in [6, 6.07) is 14.6. The largest absolute Gasteiger partial charge is 0.476 e. The second-order valence-electron chi connectivity index (χ2n) is 8.06. The molecule has 2 unspecified atom stereocenters. The predicted octanol–water partition coefficient (Wildman–Crippen LogP) is 3.12. The maximum absolute atomic E-state index is 13.6. The van der Waals surface area contributed by atoms with Crippen LogP contribution in [-0.2, 0) is 22.5 Å². The van der Waals surface area contributed by atoms with Gasteiger partial charge >= 0.3 is 11.6 Å². The SMILES string of the molecule is CCOC(=O)C1Oc2c(c(=O)oc3ccccc23)C1c1cc2cccc3c2n(c1=O)CC3. The Morgan fingerprint density at radius 1 is 1.16 bits per heavy atom. The molecule has 32 heavy (non-hydrogen) atoms. The van der Waals surface area contributed by atoms with Gasteiger partial charge < -0.3 is 18.5 Å². The molecule has 2 aromatic carbocycles. The molecule has 160 valence electrons. The first kappa shape index (κ1) is 18.9. The van der Waals surface area contributed by atoms with Crippen LogP contribution in [0.3, 0.4) is 0 Å². The number of hydrogen-bond acceptors (Lipinski definition) is 6. The number of aromatic nitrogens is 1. The molecular formula is C25H19NO6. The minimum absolute atomic E-state index is 0.155. The Morgan fingerprint density at radius 2 is 2.00 bits per heavy atom. The zero-order valence-corrected chi connectivity index (χ0v) is 17.3. The van der Waals surface area contributed by atoms with Crippen LogP contribution in [0.5, 0.6) is 5.75 Å². The Labute approximate surface area is 181 Å². The standard InChI is InChI=1S/C25H19NO6/c1-2-30-25(29)22-18(19-21(32-22)15-8-3-4-9-17(15)31-24(19)28)16-12-14-7-5-6-13-10-11-26(20(13)14)23(16)27/h3-9,12,18,22H,2,10-11H2,1H3. The van der Waals surface area contributed by atoms with Crippen molar-refractivity contribution < 1.29 is 18.7 Å². The maximum Gasteiger partial charge on any atom is 0.348 e. The first-order chi connectivity index (χ1) is 15.6. The fourth-order valence-electron chi connectivity index (χ4n) is 5.02. The summed E-state index contributed by atoms with van der Waals surface area (Å²) >= 11 is 0. The number of para-hydroxylation sites is 2. The van der Waals surface area contributed by atoms with E-state index in [4.69, 9.17) is 13.9 Å². The lowest BCUT2D eigenvalue weighted by molar-refractivity contribution is -0.151. The van der Waals surface area contributed by atoms with Gasteiger partial charge in [0.15, 0.2) is 0 Å². The lowest BCUT2D eigenvalue weighted by Gasteiger charge is -2.18. The molecule has 4 heterocycles. The van der Waals surface area contributed by atoms with Gasteiger partial charge in [-0.05, 0) is 42.5 Å². The molecule has 0 fully saturated rings. The van der Waals surface area contributed by atoms with Crippen LogP contribution in [0.25, 0.3) is 21.9 Å². The van der Waals surface area contributed by atoms with E-state index in [0.29, 0.717) is 23.1 Å². The first-order valence-corrected chi connectivity index (χ1v) is 10.6. The first-order valence-electron chi connectivity index (χ1n) is 10.6. The maximum atomic E-state index is 13.6. The van der Waals surface area contributed by atoms with Gasteiger partial charge in [0.25, 0.3) is 5.56 Å². The van der Waals surface area contributed by atoms with Gasteiger partial charge in [0.05, 0.1) is 29.0 Å². The van der Waals surface area contributed by atoms with E-state index in [1.165, 1.54) is 0 Å². The molecule has 6 rings (SSSR count). The van der Waals surface area contributed by atoms with Crippen LogP contribution < -0.4 is 15.9 Å². The van der Waals surface area contributed by atoms with Crippen LogP contribution in [0.1, 0.15) is 29.5 Å². The Balaban J connectivity index is 1.66. The highest BCUT2D eigenvalue weighted by molar-refractivity contribution is 5.89. The van der Waals surface area contributed by atoms with E-state index in [0.717, 1.165) is 22.9 Å². The summed E-state index contributed by atoms with van der Waals surface area (Å²) in [5, 5.41) is 1.46. The Morgan fingerprint density at radius 3 is 2.84 bits per heavy atom. The summed E-state index contributed by atoms with van der Waals surface area (Å²) in [4.78, 5) is 39.5. The third kappa shape index (κ3) is 2.51. The van der Waals surface area contributed by atoms with Gasteiger partial charge in [-0.3, -0.25) is 4.79 Å². The van der Waals surface area contributed by atoms with Gasteiger partial charge in [0.2, 0.25) is 6.10 Å². The summed E-state index contributed by atoms with van der Waals surface area (Å²) in [6.07, 6.45) is -0.386. The highest BCUT2D eigenvalue weighted by Gasteiger charge is 2.46. The molecule has 0 spiro atoms. The van der Waals surface area contributed by atoms with Crippen molar-refractivity contribution in [2.24, 2.45) is 0 Å². The van der Waals surface area contributed by atoms with E-state index < -0.39 is 23.6 Å². The van der Waals surface area contributed by atoms with Gasteiger partial charge in [-0.25, -0.2) is 9.59 Å². The molecule has 7 heteroatoms. The Kier molecular flexibility index (Phi) is 4.02. The number of rotatable bonds is 3. The molecule has 0 radical (unpaired) electrons. The number of fused-ring (bicyclic) bond motifs is 3. The van der Waals surface area contributed by atoms with Gasteiger partial charge in [-0.2, -0.15) is 0 Å². The average Bonchev–Trinajstić information content (AvgIpc) is 3.40. The van der Waals surface area contributed by atoms with Crippen molar-refractivity contribution in [1.82, 2.24) is 4.57 Å². The zero-order chi connectivity index (χ0) is 22.0. The van der Waals surface area contributed by atoms with Crippen LogP contribution >= 0.6 is 0 Å². The smallest absolute Gasteiger partial charge is 0.348 e. The number of esters is 1. The van der Waals surface area contributed by atoms with Crippen molar-refractivity contribution in [3.05, 3.63) is 86.0 Å². The third-order valence-electron chi connectivity index (χ3n) is 6.34. The average molecular weight is 429 g/mol. The highest BCUT2D eigenvalue weighted by Crippen LogP contribution is 2.44. The van der Waals surface area contributed by atoms with Crippen LogP contribution in [0.4, 0.5) is 0 Å². The number of ether oxygens (including phenoxy) is 2. The Hall–Kier alpha value is -3.87. The van der Waals surface area contributed by atoms with Crippen LogP contribution in [0.2, 0.25) is 0 Å². The van der Waals surface area contributed by atoms with Crippen molar-refractivity contribution in [2.45, 2.75) is 31.9 Å². The van der Waals surface area contributed by atoms with Gasteiger partial charge in [-0.15, -0.1) is 0 Å². The molecule has 0 N–H and O–H groups in total. The van der Waals surface area contributed by atoms with Crippen molar-refractivity contribution in [3.63, 3.8) is 0 Å². The zero-order valence-electron chi connectivity index (χ0n) is 17.3. The fourth-order valence-corrected chi connectivity index (χ4v) is 5.02. The summed E-state index contributed by atoms with van der Waals surface area (Å²) in [5.74, 6) is -1.27. The molecule has 2 atom stereocenters. The van der Waals surface area contributed by atoms with Crippen LogP contribution in [-0.4, -0.2) is 23.2 Å².